The Kier molecular flexibility index (Phi) is 8.21. The molecular formula is C23H20ClF7N6O2. The molecule has 0 radical (unpaired) electrons. The van der Waals surface area contributed by atoms with Gasteiger partial charge in [-0.25, -0.2) is 9.67 Å². The number of aromatic nitrogens is 2. The summed E-state index contributed by atoms with van der Waals surface area (Å²) < 4.78 is 97.0. The molecule has 0 saturated heterocycles. The lowest BCUT2D eigenvalue weighted by molar-refractivity contribution is -0.291. The van der Waals surface area contributed by atoms with Crippen LogP contribution >= 0.6 is 11.6 Å². The number of ether oxygens (including phenoxy) is 1. The van der Waals surface area contributed by atoms with E-state index in [0.717, 1.165) is 19.5 Å². The van der Waals surface area contributed by atoms with Crippen LogP contribution in [-0.4, -0.2) is 51.7 Å². The number of nitrogens with two attached hydrogens (primary N) is 1. The lowest BCUT2D eigenvalue weighted by atomic mass is 10.0. The summed E-state index contributed by atoms with van der Waals surface area (Å²) in [6.07, 6.45) is -3.34. The molecule has 2 N–H and O–H groups in total. The van der Waals surface area contributed by atoms with Gasteiger partial charge in [-0.1, -0.05) is 17.7 Å². The Labute approximate surface area is 222 Å². The van der Waals surface area contributed by atoms with Gasteiger partial charge in [-0.05, 0) is 37.5 Å². The number of benzene rings is 1. The molecule has 1 heterocycles. The van der Waals surface area contributed by atoms with Crippen molar-refractivity contribution in [3.63, 3.8) is 0 Å². The summed E-state index contributed by atoms with van der Waals surface area (Å²) in [4.78, 5) is 18.3. The summed E-state index contributed by atoms with van der Waals surface area (Å²) in [6, 6.07) is 6.18. The number of nitriles is 1. The van der Waals surface area contributed by atoms with Crippen LogP contribution < -0.4 is 10.5 Å². The zero-order valence-electron chi connectivity index (χ0n) is 20.2. The number of hydrogen-bond donors (Lipinski definition) is 1. The summed E-state index contributed by atoms with van der Waals surface area (Å²) in [7, 11) is 0.897. The monoisotopic (exact) mass is 580 g/mol. The molecule has 2 aromatic rings. The van der Waals surface area contributed by atoms with Crippen LogP contribution in [-0.2, 0) is 13.0 Å². The van der Waals surface area contributed by atoms with E-state index in [-0.39, 0.29) is 28.3 Å². The molecule has 1 amide bonds. The molecule has 1 aliphatic carbocycles. The van der Waals surface area contributed by atoms with Crippen molar-refractivity contribution in [2.75, 3.05) is 6.54 Å². The van der Waals surface area contributed by atoms with Crippen molar-refractivity contribution >= 4 is 35.1 Å². The van der Waals surface area contributed by atoms with Crippen molar-refractivity contribution in [1.82, 2.24) is 14.7 Å². The zero-order chi connectivity index (χ0) is 29.3. The number of halogens is 8. The largest absolute Gasteiger partial charge is 0.459 e. The summed E-state index contributed by atoms with van der Waals surface area (Å²) in [5.74, 6) is -8.65. The van der Waals surface area contributed by atoms with Gasteiger partial charge in [0.05, 0.1) is 16.7 Å². The quantitative estimate of drug-likeness (QED) is 0.309. The van der Waals surface area contributed by atoms with Crippen molar-refractivity contribution in [3.8, 4) is 11.8 Å². The lowest BCUT2D eigenvalue weighted by Crippen LogP contribution is -2.41. The fraction of sp³-hybridized carbons (Fsp3) is 0.391. The summed E-state index contributed by atoms with van der Waals surface area (Å²) in [6.45, 7) is -1.87. The van der Waals surface area contributed by atoms with Gasteiger partial charge < -0.3 is 15.4 Å². The van der Waals surface area contributed by atoms with Gasteiger partial charge in [0.25, 0.3) is 5.91 Å². The van der Waals surface area contributed by atoms with Gasteiger partial charge in [-0.2, -0.15) is 41.1 Å². The maximum absolute atomic E-state index is 14.0. The molecule has 16 heteroatoms. The second-order valence-electron chi connectivity index (χ2n) is 8.34. The zero-order valence-corrected chi connectivity index (χ0v) is 21.0. The summed E-state index contributed by atoms with van der Waals surface area (Å²) in [5, 5.41) is 12.6. The second-order valence-corrected chi connectivity index (χ2v) is 8.75. The maximum Gasteiger partial charge on any atom is 0.459 e. The number of aliphatic imine (C=N–C) groups is 1. The Morgan fingerprint density at radius 1 is 1.36 bits per heavy atom. The first-order chi connectivity index (χ1) is 18.1. The minimum atomic E-state index is -6.16. The third kappa shape index (κ3) is 5.65. The first kappa shape index (κ1) is 29.8. The Balaban J connectivity index is 2.03. The highest BCUT2D eigenvalue weighted by Gasteiger charge is 2.62. The maximum atomic E-state index is 14.0. The van der Waals surface area contributed by atoms with Gasteiger partial charge >= 0.3 is 18.7 Å². The predicted molar refractivity (Wildman–Crippen MR) is 126 cm³/mol. The average molecular weight is 581 g/mol. The first-order valence-corrected chi connectivity index (χ1v) is 11.5. The molecule has 0 aliphatic heterocycles. The molecule has 1 fully saturated rings. The highest BCUT2D eigenvalue weighted by atomic mass is 35.5. The van der Waals surface area contributed by atoms with Gasteiger partial charge in [0.1, 0.15) is 5.54 Å². The van der Waals surface area contributed by atoms with Gasteiger partial charge in [-0.15, -0.1) is 0 Å². The average Bonchev–Trinajstić information content (AvgIpc) is 3.58. The highest BCUT2D eigenvalue weighted by Crippen LogP contribution is 2.49. The van der Waals surface area contributed by atoms with Crippen LogP contribution in [0.1, 0.15) is 41.4 Å². The predicted octanol–water partition coefficient (Wildman–Crippen LogP) is 5.55. The molecule has 0 spiro atoms. The fourth-order valence-corrected chi connectivity index (χ4v) is 3.93. The van der Waals surface area contributed by atoms with E-state index < -0.39 is 47.4 Å². The van der Waals surface area contributed by atoms with E-state index in [1.807, 2.05) is 0 Å². The number of aryl methyl sites for hydroxylation is 1. The molecular weight excluding hydrogens is 561 g/mol. The summed E-state index contributed by atoms with van der Waals surface area (Å²) >= 11 is 6.22. The fourth-order valence-electron chi connectivity index (χ4n) is 3.73. The molecule has 39 heavy (non-hydrogen) atoms. The second kappa shape index (κ2) is 10.8. The van der Waals surface area contributed by atoms with E-state index in [0.29, 0.717) is 17.5 Å². The SMILES string of the molecule is CCN(C(=O)c1cc(C(C=Nc2c(OC(F)F)c(C(F)(F)C(F)(F)F)nn2C)=CN)ccc1Cl)C1(C#N)CC1. The van der Waals surface area contributed by atoms with Crippen molar-refractivity contribution in [3.05, 3.63) is 46.2 Å². The van der Waals surface area contributed by atoms with Crippen LogP contribution in [0, 0.1) is 11.3 Å². The minimum Gasteiger partial charge on any atom is -0.428 e. The van der Waals surface area contributed by atoms with E-state index >= 15 is 0 Å². The van der Waals surface area contributed by atoms with E-state index in [1.165, 1.54) is 23.1 Å². The van der Waals surface area contributed by atoms with Gasteiger partial charge in [0, 0.05) is 31.6 Å². The Hall–Kier alpha value is -3.80. The number of alkyl halides is 7. The molecule has 0 bridgehead atoms. The Morgan fingerprint density at radius 2 is 2.00 bits per heavy atom. The molecule has 1 aromatic heterocycles. The lowest BCUT2D eigenvalue weighted by Gasteiger charge is -2.26. The molecule has 0 unspecified atom stereocenters. The van der Waals surface area contributed by atoms with Crippen LogP contribution in [0.25, 0.3) is 5.57 Å². The normalized spacial score (nSPS) is 15.5. The van der Waals surface area contributed by atoms with E-state index in [2.05, 4.69) is 20.9 Å². The van der Waals surface area contributed by atoms with Crippen LogP contribution in [0.15, 0.2) is 29.4 Å². The van der Waals surface area contributed by atoms with Crippen molar-refractivity contribution in [2.45, 2.75) is 44.0 Å². The van der Waals surface area contributed by atoms with Gasteiger partial charge in [-0.3, -0.25) is 4.79 Å². The molecule has 1 saturated carbocycles. The number of allylic oxidation sites excluding steroid dienone is 1. The third-order valence-corrected chi connectivity index (χ3v) is 6.21. The van der Waals surface area contributed by atoms with Crippen LogP contribution in [0.5, 0.6) is 5.75 Å². The molecule has 1 aliphatic rings. The summed E-state index contributed by atoms with van der Waals surface area (Å²) in [5.41, 5.74) is 2.79. The number of amides is 1. The Morgan fingerprint density at radius 3 is 2.49 bits per heavy atom. The molecule has 210 valence electrons. The van der Waals surface area contributed by atoms with Crippen LogP contribution in [0.4, 0.5) is 36.6 Å². The Bertz CT molecular complexity index is 1360. The topological polar surface area (TPSA) is 110 Å². The van der Waals surface area contributed by atoms with Crippen molar-refractivity contribution in [1.29, 1.82) is 5.26 Å². The van der Waals surface area contributed by atoms with Crippen LogP contribution in [0.3, 0.4) is 0 Å². The number of carbonyl (C=O) groups is 1. The van der Waals surface area contributed by atoms with E-state index in [1.54, 1.807) is 6.92 Å². The number of hydrogen-bond acceptors (Lipinski definition) is 6. The third-order valence-electron chi connectivity index (χ3n) is 5.88. The number of carbonyl (C=O) groups excluding carboxylic acids is 1. The van der Waals surface area contributed by atoms with Crippen molar-refractivity contribution in [2.24, 2.45) is 17.8 Å². The van der Waals surface area contributed by atoms with Crippen LogP contribution in [0.2, 0.25) is 5.02 Å². The molecule has 1 aromatic carbocycles. The van der Waals surface area contributed by atoms with E-state index in [9.17, 15) is 40.8 Å². The number of nitrogens with zero attached hydrogens (tertiary/aromatic N) is 5. The molecule has 0 atom stereocenters. The standard InChI is InChI=1S/C23H20ClF7N6O2/c1-3-37(21(11-33)6-7-21)19(38)14-8-12(4-5-15(14)24)13(9-32)10-34-18-16(39-20(25)26)17(35-36(18)2)22(27,28)23(29,30)31/h4-5,8-10,20H,3,6-7,32H2,1-2H3. The highest BCUT2D eigenvalue weighted by molar-refractivity contribution is 6.34. The van der Waals surface area contributed by atoms with Crippen molar-refractivity contribution < 1.29 is 40.3 Å². The minimum absolute atomic E-state index is 0.000321. The number of rotatable bonds is 9. The van der Waals surface area contributed by atoms with E-state index in [4.69, 9.17) is 17.3 Å². The molecule has 8 nitrogen and oxygen atoms in total. The first-order valence-electron chi connectivity index (χ1n) is 11.1. The van der Waals surface area contributed by atoms with Gasteiger partial charge in [0.15, 0.2) is 17.3 Å². The smallest absolute Gasteiger partial charge is 0.428 e. The van der Waals surface area contributed by atoms with Gasteiger partial charge in [0.2, 0.25) is 0 Å². The molecule has 3 rings (SSSR count).